The summed E-state index contributed by atoms with van der Waals surface area (Å²) in [6.45, 7) is 0.346. The maximum atomic E-state index is 10.5. The molecule has 0 aliphatic carbocycles. The van der Waals surface area contributed by atoms with E-state index in [1.165, 1.54) is 12.1 Å². The molecule has 0 atom stereocenters. The lowest BCUT2D eigenvalue weighted by atomic mass is 10.1. The van der Waals surface area contributed by atoms with Crippen molar-refractivity contribution in [1.82, 2.24) is 0 Å². The van der Waals surface area contributed by atoms with Crippen LogP contribution in [0.4, 0.5) is 5.69 Å². The van der Waals surface area contributed by atoms with E-state index in [-0.39, 0.29) is 11.3 Å². The zero-order valence-corrected chi connectivity index (χ0v) is 7.92. The first kappa shape index (κ1) is 11.1. The van der Waals surface area contributed by atoms with Crippen molar-refractivity contribution < 1.29 is 9.72 Å². The molecule has 0 fully saturated rings. The lowest BCUT2D eigenvalue weighted by Crippen LogP contribution is -1.93. The van der Waals surface area contributed by atoms with Gasteiger partial charge in [0.1, 0.15) is 6.29 Å². The Morgan fingerprint density at radius 3 is 2.53 bits per heavy atom. The van der Waals surface area contributed by atoms with E-state index >= 15 is 0 Å². The Morgan fingerprint density at radius 1 is 1.33 bits per heavy atom. The second-order valence-corrected chi connectivity index (χ2v) is 2.87. The van der Waals surface area contributed by atoms with Gasteiger partial charge in [-0.25, -0.2) is 0 Å². The molecular weight excluding hydrogens is 196 g/mol. The van der Waals surface area contributed by atoms with Crippen molar-refractivity contribution in [3.05, 3.63) is 45.5 Å². The highest BCUT2D eigenvalue weighted by Crippen LogP contribution is 2.17. The average molecular weight is 206 g/mol. The third kappa shape index (κ3) is 2.99. The maximum Gasteiger partial charge on any atom is 0.270 e. The van der Waals surface area contributed by atoms with Gasteiger partial charge in [-0.05, 0) is 11.6 Å². The van der Waals surface area contributed by atoms with Crippen molar-refractivity contribution in [2.75, 3.05) is 6.54 Å². The minimum absolute atomic E-state index is 0.101. The standard InChI is InChI=1S/C10H10N2O3/c11-3-1-2-8-4-9(7-13)6-10(5-8)12(14)15/h1-2,4-7H,3,11H2. The molecular formula is C10H10N2O3. The fourth-order valence-corrected chi connectivity index (χ4v) is 1.13. The normalized spacial score (nSPS) is 10.5. The Kier molecular flexibility index (Phi) is 3.70. The Labute approximate surface area is 86.4 Å². The number of nitrogens with two attached hydrogens (primary N) is 1. The summed E-state index contributed by atoms with van der Waals surface area (Å²) < 4.78 is 0. The molecule has 0 saturated heterocycles. The molecule has 1 rings (SSSR count). The third-order valence-electron chi connectivity index (χ3n) is 1.76. The van der Waals surface area contributed by atoms with Gasteiger partial charge in [-0.3, -0.25) is 14.9 Å². The molecule has 0 spiro atoms. The van der Waals surface area contributed by atoms with E-state index in [0.717, 1.165) is 0 Å². The summed E-state index contributed by atoms with van der Waals surface area (Å²) in [5.41, 5.74) is 6.03. The molecule has 0 bridgehead atoms. The molecule has 0 radical (unpaired) electrons. The minimum atomic E-state index is -0.535. The zero-order chi connectivity index (χ0) is 11.3. The highest BCUT2D eigenvalue weighted by Gasteiger charge is 2.07. The lowest BCUT2D eigenvalue weighted by Gasteiger charge is -1.97. The molecule has 0 aliphatic heterocycles. The molecule has 1 aromatic carbocycles. The summed E-state index contributed by atoms with van der Waals surface area (Å²) in [4.78, 5) is 20.5. The van der Waals surface area contributed by atoms with Gasteiger partial charge in [0.05, 0.1) is 4.92 Å². The van der Waals surface area contributed by atoms with Crippen LogP contribution in [-0.4, -0.2) is 17.8 Å². The van der Waals surface area contributed by atoms with E-state index in [0.29, 0.717) is 18.4 Å². The van der Waals surface area contributed by atoms with Crippen molar-refractivity contribution in [3.8, 4) is 0 Å². The predicted octanol–water partition coefficient (Wildman–Crippen LogP) is 1.38. The van der Waals surface area contributed by atoms with Crippen LogP contribution in [0.1, 0.15) is 15.9 Å². The van der Waals surface area contributed by atoms with Crippen LogP contribution in [0.3, 0.4) is 0 Å². The molecule has 0 aromatic heterocycles. The van der Waals surface area contributed by atoms with Crippen molar-refractivity contribution in [1.29, 1.82) is 0 Å². The largest absolute Gasteiger partial charge is 0.327 e. The van der Waals surface area contributed by atoms with Crippen molar-refractivity contribution >= 4 is 18.0 Å². The summed E-state index contributed by atoms with van der Waals surface area (Å²) in [6.07, 6.45) is 3.88. The van der Waals surface area contributed by atoms with Gasteiger partial charge in [-0.1, -0.05) is 12.2 Å². The second-order valence-electron chi connectivity index (χ2n) is 2.87. The monoisotopic (exact) mass is 206 g/mol. The van der Waals surface area contributed by atoms with Gasteiger partial charge in [0.25, 0.3) is 5.69 Å². The van der Waals surface area contributed by atoms with Gasteiger partial charge < -0.3 is 5.73 Å². The average Bonchev–Trinajstić information content (AvgIpc) is 2.25. The number of nitro benzene ring substituents is 1. The SMILES string of the molecule is NCC=Cc1cc(C=O)cc([N+](=O)[O-])c1. The Bertz CT molecular complexity index is 413. The van der Waals surface area contributed by atoms with Crippen LogP contribution in [-0.2, 0) is 0 Å². The fourth-order valence-electron chi connectivity index (χ4n) is 1.13. The molecule has 1 aromatic rings. The van der Waals surface area contributed by atoms with E-state index in [1.807, 2.05) is 0 Å². The van der Waals surface area contributed by atoms with E-state index in [1.54, 1.807) is 18.2 Å². The van der Waals surface area contributed by atoms with Crippen LogP contribution in [0.25, 0.3) is 6.08 Å². The van der Waals surface area contributed by atoms with Crippen molar-refractivity contribution in [2.24, 2.45) is 5.73 Å². The number of hydrogen-bond donors (Lipinski definition) is 1. The first-order chi connectivity index (χ1) is 7.17. The number of aldehydes is 1. The van der Waals surface area contributed by atoms with Crippen LogP contribution in [0, 0.1) is 10.1 Å². The molecule has 78 valence electrons. The fraction of sp³-hybridized carbons (Fsp3) is 0.100. The summed E-state index contributed by atoms with van der Waals surface area (Å²) in [5, 5.41) is 10.5. The van der Waals surface area contributed by atoms with Crippen LogP contribution in [0.5, 0.6) is 0 Å². The quantitative estimate of drug-likeness (QED) is 0.458. The number of rotatable bonds is 4. The number of benzene rings is 1. The zero-order valence-electron chi connectivity index (χ0n) is 7.92. The molecule has 0 aliphatic rings. The molecule has 0 amide bonds. The van der Waals surface area contributed by atoms with E-state index in [2.05, 4.69) is 0 Å². The van der Waals surface area contributed by atoms with Gasteiger partial charge in [0.2, 0.25) is 0 Å². The molecule has 0 saturated carbocycles. The summed E-state index contributed by atoms with van der Waals surface area (Å²) >= 11 is 0. The molecule has 0 heterocycles. The van der Waals surface area contributed by atoms with Crippen molar-refractivity contribution in [2.45, 2.75) is 0 Å². The van der Waals surface area contributed by atoms with Crippen LogP contribution in [0.2, 0.25) is 0 Å². The van der Waals surface area contributed by atoms with Gasteiger partial charge in [0.15, 0.2) is 0 Å². The van der Waals surface area contributed by atoms with E-state index in [9.17, 15) is 14.9 Å². The number of non-ortho nitro benzene ring substituents is 1. The van der Waals surface area contributed by atoms with Crippen molar-refractivity contribution in [3.63, 3.8) is 0 Å². The third-order valence-corrected chi connectivity index (χ3v) is 1.76. The topological polar surface area (TPSA) is 86.2 Å². The highest BCUT2D eigenvalue weighted by atomic mass is 16.6. The first-order valence-electron chi connectivity index (χ1n) is 4.28. The number of carbonyl (C=O) groups is 1. The van der Waals surface area contributed by atoms with E-state index < -0.39 is 4.92 Å². The molecule has 5 heteroatoms. The molecule has 5 nitrogen and oxygen atoms in total. The van der Waals surface area contributed by atoms with Crippen LogP contribution >= 0.6 is 0 Å². The van der Waals surface area contributed by atoms with Crippen LogP contribution in [0.15, 0.2) is 24.3 Å². The number of nitro groups is 1. The lowest BCUT2D eigenvalue weighted by molar-refractivity contribution is -0.384. The number of hydrogen-bond acceptors (Lipinski definition) is 4. The molecule has 2 N–H and O–H groups in total. The highest BCUT2D eigenvalue weighted by molar-refractivity contribution is 5.78. The number of nitrogens with zero attached hydrogens (tertiary/aromatic N) is 1. The minimum Gasteiger partial charge on any atom is -0.327 e. The number of carbonyl (C=O) groups excluding carboxylic acids is 1. The first-order valence-corrected chi connectivity index (χ1v) is 4.28. The van der Waals surface area contributed by atoms with Gasteiger partial charge in [0, 0.05) is 24.2 Å². The summed E-state index contributed by atoms with van der Waals surface area (Å²) in [5.74, 6) is 0. The maximum absolute atomic E-state index is 10.5. The Hall–Kier alpha value is -2.01. The van der Waals surface area contributed by atoms with Gasteiger partial charge >= 0.3 is 0 Å². The second kappa shape index (κ2) is 5.02. The molecule has 0 unspecified atom stereocenters. The van der Waals surface area contributed by atoms with Gasteiger partial charge in [-0.15, -0.1) is 0 Å². The smallest absolute Gasteiger partial charge is 0.270 e. The van der Waals surface area contributed by atoms with Gasteiger partial charge in [-0.2, -0.15) is 0 Å². The predicted molar refractivity (Wildman–Crippen MR) is 56.6 cm³/mol. The van der Waals surface area contributed by atoms with E-state index in [4.69, 9.17) is 5.73 Å². The van der Waals surface area contributed by atoms with Crippen LogP contribution < -0.4 is 5.73 Å². The molecule has 15 heavy (non-hydrogen) atoms. The Morgan fingerprint density at radius 2 is 2.00 bits per heavy atom. The summed E-state index contributed by atoms with van der Waals surface area (Å²) in [7, 11) is 0. The Balaban J connectivity index is 3.16. The summed E-state index contributed by atoms with van der Waals surface area (Å²) in [6, 6.07) is 4.18.